The van der Waals surface area contributed by atoms with Crippen LogP contribution in [0.4, 0.5) is 0 Å². The summed E-state index contributed by atoms with van der Waals surface area (Å²) >= 11 is 0. The average molecular weight is 261 g/mol. The lowest BCUT2D eigenvalue weighted by molar-refractivity contribution is 0.173. The van der Waals surface area contributed by atoms with E-state index in [1.165, 1.54) is 6.42 Å². The summed E-state index contributed by atoms with van der Waals surface area (Å²) in [7, 11) is 1.93. The SMILES string of the molecule is CNCc1cc2c(cc1OC1C=CCCC1)OCO2. The molecule has 19 heavy (non-hydrogen) atoms. The van der Waals surface area contributed by atoms with Crippen LogP contribution in [-0.4, -0.2) is 19.9 Å². The first-order chi connectivity index (χ1) is 9.36. The van der Waals surface area contributed by atoms with E-state index >= 15 is 0 Å². The van der Waals surface area contributed by atoms with Gasteiger partial charge in [0, 0.05) is 18.2 Å². The van der Waals surface area contributed by atoms with Crippen LogP contribution in [0.25, 0.3) is 0 Å². The van der Waals surface area contributed by atoms with E-state index in [1.807, 2.05) is 19.2 Å². The van der Waals surface area contributed by atoms with E-state index in [0.717, 1.165) is 42.2 Å². The molecule has 0 radical (unpaired) electrons. The van der Waals surface area contributed by atoms with E-state index in [0.29, 0.717) is 6.79 Å². The minimum Gasteiger partial charge on any atom is -0.486 e. The van der Waals surface area contributed by atoms with Crippen molar-refractivity contribution in [3.8, 4) is 17.2 Å². The van der Waals surface area contributed by atoms with E-state index in [9.17, 15) is 0 Å². The van der Waals surface area contributed by atoms with Crippen LogP contribution in [0.5, 0.6) is 17.2 Å². The summed E-state index contributed by atoms with van der Waals surface area (Å²) in [5, 5.41) is 3.16. The Bertz CT molecular complexity index is 485. The fourth-order valence-electron chi connectivity index (χ4n) is 2.45. The Morgan fingerprint density at radius 1 is 1.32 bits per heavy atom. The van der Waals surface area contributed by atoms with Gasteiger partial charge >= 0.3 is 0 Å². The molecule has 1 heterocycles. The summed E-state index contributed by atoms with van der Waals surface area (Å²) in [5.74, 6) is 2.46. The van der Waals surface area contributed by atoms with Crippen molar-refractivity contribution in [1.82, 2.24) is 5.32 Å². The van der Waals surface area contributed by atoms with Gasteiger partial charge in [-0.3, -0.25) is 0 Å². The summed E-state index contributed by atoms with van der Waals surface area (Å²) in [6.45, 7) is 1.05. The maximum Gasteiger partial charge on any atom is 0.231 e. The molecule has 1 unspecified atom stereocenters. The second-order valence-corrected chi connectivity index (χ2v) is 4.86. The van der Waals surface area contributed by atoms with Crippen molar-refractivity contribution in [2.24, 2.45) is 0 Å². The van der Waals surface area contributed by atoms with Crippen molar-refractivity contribution in [1.29, 1.82) is 0 Å². The van der Waals surface area contributed by atoms with Gasteiger partial charge in [0.05, 0.1) is 0 Å². The molecule has 0 saturated heterocycles. The fourth-order valence-corrected chi connectivity index (χ4v) is 2.45. The van der Waals surface area contributed by atoms with E-state index in [1.54, 1.807) is 0 Å². The number of hydrogen-bond acceptors (Lipinski definition) is 4. The van der Waals surface area contributed by atoms with Crippen LogP contribution in [0, 0.1) is 0 Å². The molecule has 3 rings (SSSR count). The number of rotatable bonds is 4. The Hall–Kier alpha value is -1.68. The maximum atomic E-state index is 6.10. The van der Waals surface area contributed by atoms with E-state index in [2.05, 4.69) is 17.5 Å². The number of hydrogen-bond donors (Lipinski definition) is 1. The van der Waals surface area contributed by atoms with E-state index in [4.69, 9.17) is 14.2 Å². The van der Waals surface area contributed by atoms with Crippen molar-refractivity contribution in [2.45, 2.75) is 31.9 Å². The van der Waals surface area contributed by atoms with Gasteiger partial charge in [0.25, 0.3) is 0 Å². The van der Waals surface area contributed by atoms with Crippen molar-refractivity contribution >= 4 is 0 Å². The Morgan fingerprint density at radius 3 is 2.89 bits per heavy atom. The topological polar surface area (TPSA) is 39.7 Å². The zero-order valence-electron chi connectivity index (χ0n) is 11.1. The lowest BCUT2D eigenvalue weighted by atomic mass is 10.1. The van der Waals surface area contributed by atoms with Gasteiger partial charge in [0.2, 0.25) is 6.79 Å². The standard InChI is InChI=1S/C15H19NO3/c1-16-9-11-7-14-15(18-10-17-14)8-13(11)19-12-5-3-2-4-6-12/h3,5,7-8,12,16H,2,4,6,9-10H2,1H3. The summed E-state index contributed by atoms with van der Waals surface area (Å²) in [6, 6.07) is 3.94. The Labute approximate surface area is 113 Å². The summed E-state index contributed by atoms with van der Waals surface area (Å²) < 4.78 is 16.9. The molecule has 1 atom stereocenters. The van der Waals surface area contributed by atoms with Gasteiger partial charge in [0.1, 0.15) is 11.9 Å². The summed E-state index contributed by atoms with van der Waals surface area (Å²) in [6.07, 6.45) is 7.93. The molecule has 1 aliphatic carbocycles. The molecule has 102 valence electrons. The number of nitrogens with one attached hydrogen (secondary N) is 1. The molecule has 1 N–H and O–H groups in total. The van der Waals surface area contributed by atoms with Crippen LogP contribution in [0.2, 0.25) is 0 Å². The monoisotopic (exact) mass is 261 g/mol. The third-order valence-electron chi connectivity index (χ3n) is 3.41. The molecule has 4 nitrogen and oxygen atoms in total. The van der Waals surface area contributed by atoms with Gasteiger partial charge in [-0.25, -0.2) is 0 Å². The molecule has 0 bridgehead atoms. The van der Waals surface area contributed by atoms with Gasteiger partial charge in [-0.05, 0) is 38.5 Å². The van der Waals surface area contributed by atoms with Crippen LogP contribution in [0.3, 0.4) is 0 Å². The van der Waals surface area contributed by atoms with Crippen molar-refractivity contribution in [3.63, 3.8) is 0 Å². The maximum absolute atomic E-state index is 6.10. The molecule has 0 saturated carbocycles. The highest BCUT2D eigenvalue weighted by Crippen LogP contribution is 2.38. The van der Waals surface area contributed by atoms with Crippen molar-refractivity contribution in [2.75, 3.05) is 13.8 Å². The molecule has 0 amide bonds. The largest absolute Gasteiger partial charge is 0.486 e. The number of ether oxygens (including phenoxy) is 3. The van der Waals surface area contributed by atoms with Crippen molar-refractivity contribution in [3.05, 3.63) is 29.8 Å². The van der Waals surface area contributed by atoms with Crippen LogP contribution in [0.15, 0.2) is 24.3 Å². The first kappa shape index (κ1) is 12.4. The first-order valence-electron chi connectivity index (χ1n) is 6.77. The molecule has 1 aromatic carbocycles. The normalized spacial score (nSPS) is 20.6. The molecule has 4 heteroatoms. The Kier molecular flexibility index (Phi) is 3.60. The van der Waals surface area contributed by atoms with Crippen molar-refractivity contribution < 1.29 is 14.2 Å². The molecule has 0 aromatic heterocycles. The second kappa shape index (κ2) is 5.53. The molecule has 1 aromatic rings. The van der Waals surface area contributed by atoms with Crippen LogP contribution >= 0.6 is 0 Å². The minimum atomic E-state index is 0.171. The van der Waals surface area contributed by atoms with Crippen LogP contribution in [-0.2, 0) is 6.54 Å². The predicted octanol–water partition coefficient (Wildman–Crippen LogP) is 2.62. The second-order valence-electron chi connectivity index (χ2n) is 4.86. The van der Waals surface area contributed by atoms with E-state index < -0.39 is 0 Å². The summed E-state index contributed by atoms with van der Waals surface area (Å²) in [4.78, 5) is 0. The number of benzene rings is 1. The Morgan fingerprint density at radius 2 is 2.16 bits per heavy atom. The smallest absolute Gasteiger partial charge is 0.231 e. The third-order valence-corrected chi connectivity index (χ3v) is 3.41. The van der Waals surface area contributed by atoms with Gasteiger partial charge in [-0.15, -0.1) is 0 Å². The number of fused-ring (bicyclic) bond motifs is 1. The fraction of sp³-hybridized carbons (Fsp3) is 0.467. The van der Waals surface area contributed by atoms with Gasteiger partial charge < -0.3 is 19.5 Å². The average Bonchev–Trinajstić information content (AvgIpc) is 2.88. The molecular weight excluding hydrogens is 242 g/mol. The summed E-state index contributed by atoms with van der Waals surface area (Å²) in [5.41, 5.74) is 1.10. The highest BCUT2D eigenvalue weighted by molar-refractivity contribution is 5.52. The highest BCUT2D eigenvalue weighted by Gasteiger charge is 2.19. The lowest BCUT2D eigenvalue weighted by Crippen LogP contribution is -2.17. The molecule has 1 aliphatic heterocycles. The van der Waals surface area contributed by atoms with Gasteiger partial charge in [0.15, 0.2) is 11.5 Å². The van der Waals surface area contributed by atoms with Gasteiger partial charge in [-0.1, -0.05) is 6.08 Å². The number of allylic oxidation sites excluding steroid dienone is 1. The zero-order valence-corrected chi connectivity index (χ0v) is 11.1. The third kappa shape index (κ3) is 2.68. The molecular formula is C15H19NO3. The minimum absolute atomic E-state index is 0.171. The predicted molar refractivity (Wildman–Crippen MR) is 72.7 cm³/mol. The molecule has 0 spiro atoms. The molecule has 0 fully saturated rings. The first-order valence-corrected chi connectivity index (χ1v) is 6.77. The van der Waals surface area contributed by atoms with Crippen LogP contribution in [0.1, 0.15) is 24.8 Å². The van der Waals surface area contributed by atoms with Crippen LogP contribution < -0.4 is 19.5 Å². The van der Waals surface area contributed by atoms with Gasteiger partial charge in [-0.2, -0.15) is 0 Å². The Balaban J connectivity index is 1.85. The quantitative estimate of drug-likeness (QED) is 0.846. The highest BCUT2D eigenvalue weighted by atomic mass is 16.7. The lowest BCUT2D eigenvalue weighted by Gasteiger charge is -2.20. The zero-order chi connectivity index (χ0) is 13.1. The van der Waals surface area contributed by atoms with E-state index in [-0.39, 0.29) is 6.10 Å². The molecule has 2 aliphatic rings.